The lowest BCUT2D eigenvalue weighted by molar-refractivity contribution is -0.121. The van der Waals surface area contributed by atoms with Crippen LogP contribution in [0, 0.1) is 19.8 Å². The highest BCUT2D eigenvalue weighted by molar-refractivity contribution is 7.18. The maximum Gasteiger partial charge on any atom is 0.262 e. The van der Waals surface area contributed by atoms with Crippen molar-refractivity contribution in [3.8, 4) is 0 Å². The summed E-state index contributed by atoms with van der Waals surface area (Å²) in [6, 6.07) is 0.319. The Morgan fingerprint density at radius 1 is 1.31 bits per heavy atom. The minimum absolute atomic E-state index is 0.0303. The van der Waals surface area contributed by atoms with Crippen molar-refractivity contribution in [2.75, 3.05) is 32.8 Å². The van der Waals surface area contributed by atoms with Gasteiger partial charge in [0.1, 0.15) is 4.83 Å². The van der Waals surface area contributed by atoms with Crippen LogP contribution >= 0.6 is 11.3 Å². The second kappa shape index (κ2) is 9.82. The van der Waals surface area contributed by atoms with Gasteiger partial charge in [-0.25, -0.2) is 4.98 Å². The van der Waals surface area contributed by atoms with Crippen LogP contribution in [0.4, 0.5) is 0 Å². The number of nitrogens with zero attached hydrogens (tertiary/aromatic N) is 3. The molecule has 0 radical (unpaired) electrons. The standard InChI is InChI=1S/C21H32N4O3S/c1-14(2)11-17(24-7-9-28-10-8-24)12-22-18(26)5-6-25-13-23-20-19(21(25)27)15(3)16(4)29-20/h13-14,17H,5-12H2,1-4H3,(H,22,26). The van der Waals surface area contributed by atoms with Crippen molar-refractivity contribution in [1.29, 1.82) is 0 Å². The van der Waals surface area contributed by atoms with Gasteiger partial charge >= 0.3 is 0 Å². The third-order valence-electron chi connectivity index (χ3n) is 5.58. The molecule has 3 rings (SSSR count). The van der Waals surface area contributed by atoms with Crippen molar-refractivity contribution in [2.45, 2.75) is 53.1 Å². The summed E-state index contributed by atoms with van der Waals surface area (Å²) in [6.07, 6.45) is 2.87. The Morgan fingerprint density at radius 2 is 2.03 bits per heavy atom. The molecule has 1 aliphatic heterocycles. The van der Waals surface area contributed by atoms with Crippen molar-refractivity contribution >= 4 is 27.5 Å². The number of rotatable bonds is 8. The second-order valence-electron chi connectivity index (χ2n) is 8.19. The quantitative estimate of drug-likeness (QED) is 0.709. The van der Waals surface area contributed by atoms with Crippen LogP contribution < -0.4 is 10.9 Å². The van der Waals surface area contributed by atoms with Gasteiger partial charge in [-0.3, -0.25) is 19.1 Å². The third kappa shape index (κ3) is 5.43. The van der Waals surface area contributed by atoms with Gasteiger partial charge in [0.15, 0.2) is 0 Å². The number of hydrogen-bond acceptors (Lipinski definition) is 6. The first-order chi connectivity index (χ1) is 13.9. The number of fused-ring (bicyclic) bond motifs is 1. The first-order valence-corrected chi connectivity index (χ1v) is 11.2. The third-order valence-corrected chi connectivity index (χ3v) is 6.69. The predicted molar refractivity (Wildman–Crippen MR) is 117 cm³/mol. The first kappa shape index (κ1) is 21.9. The van der Waals surface area contributed by atoms with Crippen molar-refractivity contribution < 1.29 is 9.53 Å². The summed E-state index contributed by atoms with van der Waals surface area (Å²) in [5, 5.41) is 3.75. The Hall–Kier alpha value is -1.77. The Bertz CT molecular complexity index is 899. The molecule has 8 heteroatoms. The molecule has 3 heterocycles. The summed E-state index contributed by atoms with van der Waals surface area (Å²) in [7, 11) is 0. The van der Waals surface area contributed by atoms with Gasteiger partial charge in [-0.05, 0) is 31.7 Å². The average Bonchev–Trinajstić information content (AvgIpc) is 2.99. The molecular formula is C21H32N4O3S. The highest BCUT2D eigenvalue weighted by atomic mass is 32.1. The van der Waals surface area contributed by atoms with E-state index in [2.05, 4.69) is 29.0 Å². The minimum atomic E-state index is -0.0596. The van der Waals surface area contributed by atoms with Gasteiger partial charge in [0, 0.05) is 43.5 Å². The number of aryl methyl sites for hydroxylation is 3. The zero-order chi connectivity index (χ0) is 21.0. The zero-order valence-corrected chi connectivity index (χ0v) is 18.7. The lowest BCUT2D eigenvalue weighted by Gasteiger charge is -2.35. The number of ether oxygens (including phenoxy) is 1. The molecule has 1 N–H and O–H groups in total. The molecule has 1 unspecified atom stereocenters. The monoisotopic (exact) mass is 420 g/mol. The molecule has 2 aromatic rings. The van der Waals surface area contributed by atoms with Crippen LogP contribution in [0.3, 0.4) is 0 Å². The van der Waals surface area contributed by atoms with E-state index in [1.807, 2.05) is 13.8 Å². The van der Waals surface area contributed by atoms with E-state index in [-0.39, 0.29) is 17.9 Å². The molecule has 0 saturated carbocycles. The molecule has 1 amide bonds. The maximum atomic E-state index is 12.7. The van der Waals surface area contributed by atoms with Crippen molar-refractivity contribution in [2.24, 2.45) is 5.92 Å². The number of morpholine rings is 1. The normalized spacial score (nSPS) is 16.4. The van der Waals surface area contributed by atoms with Crippen LogP contribution in [0.2, 0.25) is 0 Å². The smallest absolute Gasteiger partial charge is 0.262 e. The topological polar surface area (TPSA) is 76.5 Å². The first-order valence-electron chi connectivity index (χ1n) is 10.4. The fourth-order valence-corrected chi connectivity index (χ4v) is 4.81. The van der Waals surface area contributed by atoms with Gasteiger partial charge in [0.25, 0.3) is 5.56 Å². The number of amides is 1. The summed E-state index contributed by atoms with van der Waals surface area (Å²) >= 11 is 1.54. The molecular weight excluding hydrogens is 388 g/mol. The van der Waals surface area contributed by atoms with Crippen LogP contribution in [0.5, 0.6) is 0 Å². The summed E-state index contributed by atoms with van der Waals surface area (Å²) in [4.78, 5) is 33.9. The van der Waals surface area contributed by atoms with E-state index in [9.17, 15) is 9.59 Å². The molecule has 1 atom stereocenters. The van der Waals surface area contributed by atoms with E-state index in [0.717, 1.165) is 48.0 Å². The van der Waals surface area contributed by atoms with Gasteiger partial charge in [0.2, 0.25) is 5.91 Å². The van der Waals surface area contributed by atoms with Crippen molar-refractivity contribution in [3.05, 3.63) is 27.1 Å². The average molecular weight is 421 g/mol. The van der Waals surface area contributed by atoms with Crippen LogP contribution in [-0.2, 0) is 16.1 Å². The van der Waals surface area contributed by atoms with Crippen LogP contribution in [0.25, 0.3) is 10.2 Å². The van der Waals surface area contributed by atoms with E-state index in [4.69, 9.17) is 4.74 Å². The Morgan fingerprint density at radius 3 is 2.72 bits per heavy atom. The van der Waals surface area contributed by atoms with E-state index in [1.54, 1.807) is 10.9 Å². The summed E-state index contributed by atoms with van der Waals surface area (Å²) < 4.78 is 7.00. The summed E-state index contributed by atoms with van der Waals surface area (Å²) in [6.45, 7) is 12.7. The number of carbonyl (C=O) groups is 1. The largest absolute Gasteiger partial charge is 0.379 e. The Balaban J connectivity index is 1.57. The fourth-order valence-electron chi connectivity index (χ4n) is 3.82. The lowest BCUT2D eigenvalue weighted by atomic mass is 10.0. The summed E-state index contributed by atoms with van der Waals surface area (Å²) in [5.74, 6) is 0.533. The molecule has 1 aliphatic rings. The molecule has 160 valence electrons. The van der Waals surface area contributed by atoms with Crippen LogP contribution in [0.15, 0.2) is 11.1 Å². The predicted octanol–water partition coefficient (Wildman–Crippen LogP) is 2.33. The molecule has 0 spiro atoms. The van der Waals surface area contributed by atoms with Crippen LogP contribution in [0.1, 0.15) is 37.1 Å². The zero-order valence-electron chi connectivity index (χ0n) is 17.9. The molecule has 7 nitrogen and oxygen atoms in total. The van der Waals surface area contributed by atoms with Gasteiger partial charge in [-0.2, -0.15) is 0 Å². The van der Waals surface area contributed by atoms with Gasteiger partial charge < -0.3 is 10.1 Å². The molecule has 0 aliphatic carbocycles. The molecule has 1 fully saturated rings. The maximum absolute atomic E-state index is 12.7. The van der Waals surface area contributed by atoms with E-state index < -0.39 is 0 Å². The highest BCUT2D eigenvalue weighted by Gasteiger charge is 2.22. The van der Waals surface area contributed by atoms with Gasteiger partial charge in [-0.1, -0.05) is 13.8 Å². The minimum Gasteiger partial charge on any atom is -0.379 e. The lowest BCUT2D eigenvalue weighted by Crippen LogP contribution is -2.49. The van der Waals surface area contributed by atoms with E-state index in [1.165, 1.54) is 11.3 Å². The Kier molecular flexibility index (Phi) is 7.43. The highest BCUT2D eigenvalue weighted by Crippen LogP contribution is 2.25. The van der Waals surface area contributed by atoms with E-state index >= 15 is 0 Å². The summed E-state index contributed by atoms with van der Waals surface area (Å²) in [5.41, 5.74) is 0.930. The SMILES string of the molecule is Cc1sc2ncn(CCC(=O)NCC(CC(C)C)N3CCOCC3)c(=O)c2c1C. The van der Waals surface area contributed by atoms with Crippen LogP contribution in [-0.4, -0.2) is 59.2 Å². The number of aromatic nitrogens is 2. The molecule has 2 aromatic heterocycles. The number of nitrogens with one attached hydrogen (secondary N) is 1. The van der Waals surface area contributed by atoms with Crippen molar-refractivity contribution in [1.82, 2.24) is 19.8 Å². The van der Waals surface area contributed by atoms with Gasteiger partial charge in [0.05, 0.1) is 24.9 Å². The number of carbonyl (C=O) groups excluding carboxylic acids is 1. The number of hydrogen-bond donors (Lipinski definition) is 1. The molecule has 29 heavy (non-hydrogen) atoms. The Labute approximate surface area is 176 Å². The van der Waals surface area contributed by atoms with Crippen molar-refractivity contribution in [3.63, 3.8) is 0 Å². The molecule has 0 bridgehead atoms. The molecule has 0 aromatic carbocycles. The van der Waals surface area contributed by atoms with E-state index in [0.29, 0.717) is 30.4 Å². The van der Waals surface area contributed by atoms with Gasteiger partial charge in [-0.15, -0.1) is 11.3 Å². The molecule has 1 saturated heterocycles. The second-order valence-corrected chi connectivity index (χ2v) is 9.40. The number of thiophene rings is 1. The fraction of sp³-hybridized carbons (Fsp3) is 0.667.